The molecule has 1 aromatic carbocycles. The molecule has 0 radical (unpaired) electrons. The van der Waals surface area contributed by atoms with Crippen LogP contribution in [0.4, 0.5) is 0 Å². The molecule has 2 rings (SSSR count). The van der Waals surface area contributed by atoms with Crippen molar-refractivity contribution in [2.24, 2.45) is 0 Å². The number of aromatic nitrogens is 1. The quantitative estimate of drug-likeness (QED) is 0.820. The molecule has 0 spiro atoms. The number of carbonyl (C=O) groups excluding carboxylic acids is 1. The van der Waals surface area contributed by atoms with E-state index in [1.165, 1.54) is 0 Å². The van der Waals surface area contributed by atoms with Gasteiger partial charge in [0.1, 0.15) is 0 Å². The van der Waals surface area contributed by atoms with Crippen molar-refractivity contribution in [2.45, 2.75) is 20.0 Å². The maximum absolute atomic E-state index is 11.5. The number of esters is 1. The fraction of sp³-hybridized carbons (Fsp3) is 0.333. The molecule has 2 aromatic rings. The minimum atomic E-state index is -1.31. The third-order valence-electron chi connectivity index (χ3n) is 2.51. The second kappa shape index (κ2) is 4.55. The van der Waals surface area contributed by atoms with E-state index in [4.69, 9.17) is 9.26 Å². The van der Waals surface area contributed by atoms with Crippen LogP contribution in [0.25, 0.3) is 11.0 Å². The van der Waals surface area contributed by atoms with Crippen LogP contribution >= 0.6 is 0 Å². The first kappa shape index (κ1) is 11.6. The van der Waals surface area contributed by atoms with Crippen LogP contribution in [0.2, 0.25) is 0 Å². The van der Waals surface area contributed by atoms with E-state index < -0.39 is 12.1 Å². The Morgan fingerprint density at radius 2 is 2.35 bits per heavy atom. The first-order chi connectivity index (χ1) is 8.15. The van der Waals surface area contributed by atoms with E-state index in [0.717, 1.165) is 0 Å². The summed E-state index contributed by atoms with van der Waals surface area (Å²) < 4.78 is 9.85. The topological polar surface area (TPSA) is 72.6 Å². The lowest BCUT2D eigenvalue weighted by atomic mass is 10.0. The van der Waals surface area contributed by atoms with Crippen LogP contribution in [0, 0.1) is 6.92 Å². The monoisotopic (exact) mass is 235 g/mol. The van der Waals surface area contributed by atoms with Gasteiger partial charge in [-0.3, -0.25) is 0 Å². The molecule has 17 heavy (non-hydrogen) atoms. The molecular weight excluding hydrogens is 222 g/mol. The first-order valence-corrected chi connectivity index (χ1v) is 5.34. The second-order valence-corrected chi connectivity index (χ2v) is 3.64. The van der Waals surface area contributed by atoms with Crippen LogP contribution in [0.1, 0.15) is 24.3 Å². The Hall–Kier alpha value is -1.88. The normalized spacial score (nSPS) is 12.6. The van der Waals surface area contributed by atoms with Gasteiger partial charge < -0.3 is 14.4 Å². The summed E-state index contributed by atoms with van der Waals surface area (Å²) in [7, 11) is 0. The number of aliphatic hydroxyl groups excluding tert-OH is 1. The molecule has 0 aliphatic carbocycles. The van der Waals surface area contributed by atoms with Gasteiger partial charge in [0, 0.05) is 5.56 Å². The number of benzene rings is 1. The lowest BCUT2D eigenvalue weighted by molar-refractivity contribution is -0.153. The fourth-order valence-corrected chi connectivity index (χ4v) is 1.75. The number of hydrogen-bond donors (Lipinski definition) is 1. The smallest absolute Gasteiger partial charge is 0.339 e. The third kappa shape index (κ3) is 2.01. The number of nitrogens with zero attached hydrogens (tertiary/aromatic N) is 1. The van der Waals surface area contributed by atoms with E-state index in [0.29, 0.717) is 22.2 Å². The van der Waals surface area contributed by atoms with Crippen molar-refractivity contribution in [3.8, 4) is 0 Å². The molecule has 1 heterocycles. The summed E-state index contributed by atoms with van der Waals surface area (Å²) in [6.45, 7) is 3.68. The van der Waals surface area contributed by atoms with Crippen LogP contribution < -0.4 is 0 Å². The summed E-state index contributed by atoms with van der Waals surface area (Å²) in [6.07, 6.45) is -1.31. The molecule has 5 heteroatoms. The molecule has 90 valence electrons. The van der Waals surface area contributed by atoms with E-state index in [9.17, 15) is 9.90 Å². The Kier molecular flexibility index (Phi) is 3.10. The molecule has 0 saturated heterocycles. The van der Waals surface area contributed by atoms with Gasteiger partial charge in [0.25, 0.3) is 0 Å². The highest BCUT2D eigenvalue weighted by atomic mass is 16.5. The molecule has 0 aliphatic rings. The molecule has 0 aliphatic heterocycles. The second-order valence-electron chi connectivity index (χ2n) is 3.64. The van der Waals surface area contributed by atoms with Crippen molar-refractivity contribution < 1.29 is 19.2 Å². The van der Waals surface area contributed by atoms with E-state index in [1.54, 1.807) is 32.0 Å². The summed E-state index contributed by atoms with van der Waals surface area (Å²) in [6, 6.07) is 5.09. The summed E-state index contributed by atoms with van der Waals surface area (Å²) in [5.41, 5.74) is 1.64. The molecular formula is C12H13NO4. The predicted molar refractivity (Wildman–Crippen MR) is 60.3 cm³/mol. The average Bonchev–Trinajstić information content (AvgIpc) is 2.71. The van der Waals surface area contributed by atoms with Gasteiger partial charge in [-0.05, 0) is 19.9 Å². The third-order valence-corrected chi connectivity index (χ3v) is 2.51. The maximum Gasteiger partial charge on any atom is 0.339 e. The van der Waals surface area contributed by atoms with Gasteiger partial charge >= 0.3 is 5.97 Å². The van der Waals surface area contributed by atoms with E-state index in [-0.39, 0.29) is 6.61 Å². The van der Waals surface area contributed by atoms with Crippen LogP contribution in [0.5, 0.6) is 0 Å². The van der Waals surface area contributed by atoms with E-state index >= 15 is 0 Å². The number of aliphatic hydroxyl groups is 1. The zero-order valence-corrected chi connectivity index (χ0v) is 9.64. The lowest BCUT2D eigenvalue weighted by Crippen LogP contribution is -2.15. The summed E-state index contributed by atoms with van der Waals surface area (Å²) in [5, 5.41) is 14.4. The molecule has 1 aromatic heterocycles. The van der Waals surface area contributed by atoms with Gasteiger partial charge in [0.15, 0.2) is 11.7 Å². The maximum atomic E-state index is 11.5. The van der Waals surface area contributed by atoms with E-state index in [1.807, 2.05) is 0 Å². The van der Waals surface area contributed by atoms with Crippen molar-refractivity contribution in [3.63, 3.8) is 0 Å². The number of ether oxygens (including phenoxy) is 1. The number of aryl methyl sites for hydroxylation is 1. The standard InChI is InChI=1S/C12H13NO4/c1-3-16-12(15)11(14)8-5-4-6-9-10(8)7(2)13-17-9/h4-6,11,14H,3H2,1-2H3. The highest BCUT2D eigenvalue weighted by Crippen LogP contribution is 2.27. The highest BCUT2D eigenvalue weighted by Gasteiger charge is 2.23. The van der Waals surface area contributed by atoms with Crippen LogP contribution in [-0.2, 0) is 9.53 Å². The van der Waals surface area contributed by atoms with Crippen LogP contribution in [0.15, 0.2) is 22.7 Å². The summed E-state index contributed by atoms with van der Waals surface area (Å²) in [5.74, 6) is -0.666. The van der Waals surface area contributed by atoms with Gasteiger partial charge in [-0.15, -0.1) is 0 Å². The number of rotatable bonds is 3. The van der Waals surface area contributed by atoms with Crippen molar-refractivity contribution in [2.75, 3.05) is 6.61 Å². The van der Waals surface area contributed by atoms with Gasteiger partial charge in [0.05, 0.1) is 17.7 Å². The van der Waals surface area contributed by atoms with Gasteiger partial charge in [0.2, 0.25) is 0 Å². The van der Waals surface area contributed by atoms with E-state index in [2.05, 4.69) is 5.16 Å². The number of carbonyl (C=O) groups is 1. The van der Waals surface area contributed by atoms with Crippen LogP contribution in [-0.4, -0.2) is 22.8 Å². The average molecular weight is 235 g/mol. The minimum absolute atomic E-state index is 0.231. The van der Waals surface area contributed by atoms with Gasteiger partial charge in [-0.25, -0.2) is 4.79 Å². The zero-order chi connectivity index (χ0) is 12.4. The largest absolute Gasteiger partial charge is 0.464 e. The van der Waals surface area contributed by atoms with Crippen molar-refractivity contribution in [3.05, 3.63) is 29.5 Å². The predicted octanol–water partition coefficient (Wildman–Crippen LogP) is 1.73. The molecule has 0 bridgehead atoms. The molecule has 0 fully saturated rings. The lowest BCUT2D eigenvalue weighted by Gasteiger charge is -2.10. The number of hydrogen-bond acceptors (Lipinski definition) is 5. The first-order valence-electron chi connectivity index (χ1n) is 5.34. The van der Waals surface area contributed by atoms with Gasteiger partial charge in [-0.2, -0.15) is 0 Å². The molecule has 5 nitrogen and oxygen atoms in total. The highest BCUT2D eigenvalue weighted by molar-refractivity contribution is 5.88. The Balaban J connectivity index is 2.47. The molecule has 1 atom stereocenters. The van der Waals surface area contributed by atoms with Crippen molar-refractivity contribution in [1.29, 1.82) is 0 Å². The molecule has 0 saturated carbocycles. The minimum Gasteiger partial charge on any atom is -0.464 e. The summed E-state index contributed by atoms with van der Waals surface area (Å²) >= 11 is 0. The Labute approximate surface area is 98.0 Å². The molecule has 1 N–H and O–H groups in total. The Bertz CT molecular complexity index is 546. The Morgan fingerprint density at radius 1 is 1.59 bits per heavy atom. The zero-order valence-electron chi connectivity index (χ0n) is 9.64. The number of fused-ring (bicyclic) bond motifs is 1. The molecule has 1 unspecified atom stereocenters. The molecule has 0 amide bonds. The SMILES string of the molecule is CCOC(=O)C(O)c1cccc2onc(C)c12. The van der Waals surface area contributed by atoms with Crippen molar-refractivity contribution in [1.82, 2.24) is 5.16 Å². The Morgan fingerprint density at radius 3 is 3.06 bits per heavy atom. The van der Waals surface area contributed by atoms with Crippen molar-refractivity contribution >= 4 is 16.9 Å². The van der Waals surface area contributed by atoms with Crippen LogP contribution in [0.3, 0.4) is 0 Å². The fourth-order valence-electron chi connectivity index (χ4n) is 1.75. The summed E-state index contributed by atoms with van der Waals surface area (Å²) in [4.78, 5) is 11.5. The van der Waals surface area contributed by atoms with Gasteiger partial charge in [-0.1, -0.05) is 17.3 Å².